The molecule has 2 heteroatoms. The number of hydrogen-bond donors (Lipinski definition) is 0. The highest BCUT2D eigenvalue weighted by molar-refractivity contribution is 5.72. The van der Waals surface area contributed by atoms with Crippen LogP contribution in [0.2, 0.25) is 0 Å². The van der Waals surface area contributed by atoms with E-state index in [4.69, 9.17) is 0 Å². The van der Waals surface area contributed by atoms with Crippen molar-refractivity contribution in [2.45, 2.75) is 27.2 Å². The predicted molar refractivity (Wildman–Crippen MR) is 37.1 cm³/mol. The van der Waals surface area contributed by atoms with Crippen molar-refractivity contribution >= 4 is 5.91 Å². The molecule has 0 saturated carbocycles. The van der Waals surface area contributed by atoms with E-state index in [1.165, 1.54) is 6.92 Å². The normalized spacial score (nSPS) is 9.78. The molecule has 0 aliphatic heterocycles. The highest BCUT2D eigenvalue weighted by Crippen LogP contribution is 1.96. The van der Waals surface area contributed by atoms with Crippen molar-refractivity contribution in [1.29, 1.82) is 0 Å². The van der Waals surface area contributed by atoms with Gasteiger partial charge in [0, 0.05) is 13.5 Å². The molecule has 0 aliphatic rings. The van der Waals surface area contributed by atoms with Crippen LogP contribution in [0.1, 0.15) is 27.2 Å². The Morgan fingerprint density at radius 1 is 1.56 bits per heavy atom. The van der Waals surface area contributed by atoms with E-state index in [1.54, 1.807) is 0 Å². The molecule has 0 N–H and O–H groups in total. The number of carbonyl (C=O) groups is 1. The van der Waals surface area contributed by atoms with Gasteiger partial charge in [0.2, 0.25) is 5.91 Å². The quantitative estimate of drug-likeness (QED) is 0.561. The lowest BCUT2D eigenvalue weighted by atomic mass is 10.1. The van der Waals surface area contributed by atoms with E-state index in [1.807, 2.05) is 0 Å². The Morgan fingerprint density at radius 2 is 2.11 bits per heavy atom. The van der Waals surface area contributed by atoms with Gasteiger partial charge >= 0.3 is 0 Å². The molecule has 0 aliphatic carbocycles. The van der Waals surface area contributed by atoms with Crippen molar-refractivity contribution in [3.8, 4) is 0 Å². The van der Waals surface area contributed by atoms with Crippen LogP contribution in [0.4, 0.5) is 0 Å². The predicted octanol–water partition coefficient (Wildman–Crippen LogP) is 1.18. The Morgan fingerprint density at radius 3 is 2.44 bits per heavy atom. The summed E-state index contributed by atoms with van der Waals surface area (Å²) in [6.45, 7) is 6.42. The summed E-state index contributed by atoms with van der Waals surface area (Å²) in [5.74, 6) is 0.587. The Bertz CT molecular complexity index is 88.9. The van der Waals surface area contributed by atoms with Gasteiger partial charge in [-0.2, -0.15) is 0 Å². The van der Waals surface area contributed by atoms with E-state index in [0.717, 1.165) is 6.42 Å². The molecule has 1 amide bonds. The standard InChI is InChI=1S/C7H14NO/c1-6(2)4-5-8-7(3)9/h6H,4-5H2,1-3H3. The van der Waals surface area contributed by atoms with Crippen LogP contribution >= 0.6 is 0 Å². The molecule has 2 nitrogen and oxygen atoms in total. The first-order valence-electron chi connectivity index (χ1n) is 3.31. The van der Waals surface area contributed by atoms with Crippen molar-refractivity contribution in [1.82, 2.24) is 5.32 Å². The Hall–Kier alpha value is -0.530. The number of hydrogen-bond acceptors (Lipinski definition) is 1. The lowest BCUT2D eigenvalue weighted by Gasteiger charge is -2.00. The highest BCUT2D eigenvalue weighted by atomic mass is 16.1. The molecule has 0 saturated heterocycles. The van der Waals surface area contributed by atoms with E-state index in [9.17, 15) is 4.79 Å². The smallest absolute Gasteiger partial charge is 0.238 e. The molecule has 0 spiro atoms. The molecule has 0 bridgehead atoms. The van der Waals surface area contributed by atoms with Gasteiger partial charge in [-0.15, -0.1) is 0 Å². The molecule has 1 radical (unpaired) electrons. The molecule has 0 aromatic rings. The summed E-state index contributed by atoms with van der Waals surface area (Å²) >= 11 is 0. The Balaban J connectivity index is 3.01. The lowest BCUT2D eigenvalue weighted by molar-refractivity contribution is -0.119. The zero-order chi connectivity index (χ0) is 7.28. The van der Waals surface area contributed by atoms with Gasteiger partial charge < -0.3 is 0 Å². The van der Waals surface area contributed by atoms with Crippen LogP contribution in [0.5, 0.6) is 0 Å². The number of carbonyl (C=O) groups excluding carboxylic acids is 1. The fraction of sp³-hybridized carbons (Fsp3) is 0.857. The first kappa shape index (κ1) is 8.47. The number of amides is 1. The van der Waals surface area contributed by atoms with Crippen molar-refractivity contribution in [2.75, 3.05) is 6.54 Å². The molecular formula is C7H14NO. The van der Waals surface area contributed by atoms with Crippen molar-refractivity contribution in [2.24, 2.45) is 5.92 Å². The molecule has 0 aromatic heterocycles. The second-order valence-electron chi connectivity index (χ2n) is 2.58. The monoisotopic (exact) mass is 128 g/mol. The minimum absolute atomic E-state index is 0.0596. The summed E-state index contributed by atoms with van der Waals surface area (Å²) < 4.78 is 0. The van der Waals surface area contributed by atoms with Gasteiger partial charge in [-0.1, -0.05) is 13.8 Å². The third-order valence-corrected chi connectivity index (χ3v) is 1.04. The van der Waals surface area contributed by atoms with Crippen LogP contribution in [0, 0.1) is 5.92 Å². The number of rotatable bonds is 3. The minimum atomic E-state index is -0.0596. The summed E-state index contributed by atoms with van der Waals surface area (Å²) in [6.07, 6.45) is 1.01. The third kappa shape index (κ3) is 7.47. The molecule has 0 unspecified atom stereocenters. The van der Waals surface area contributed by atoms with E-state index in [0.29, 0.717) is 12.5 Å². The molecule has 9 heavy (non-hydrogen) atoms. The fourth-order valence-electron chi connectivity index (χ4n) is 0.480. The third-order valence-electron chi connectivity index (χ3n) is 1.04. The maximum atomic E-state index is 10.3. The fourth-order valence-corrected chi connectivity index (χ4v) is 0.480. The zero-order valence-electron chi connectivity index (χ0n) is 6.35. The summed E-state index contributed by atoms with van der Waals surface area (Å²) in [7, 11) is 0. The van der Waals surface area contributed by atoms with Crippen LogP contribution < -0.4 is 5.32 Å². The van der Waals surface area contributed by atoms with Crippen LogP contribution in [0.15, 0.2) is 0 Å². The maximum absolute atomic E-state index is 10.3. The molecular weight excluding hydrogens is 114 g/mol. The molecule has 0 heterocycles. The van der Waals surface area contributed by atoms with E-state index < -0.39 is 0 Å². The molecule has 0 atom stereocenters. The second kappa shape index (κ2) is 4.36. The van der Waals surface area contributed by atoms with E-state index in [2.05, 4.69) is 19.2 Å². The van der Waals surface area contributed by atoms with Crippen molar-refractivity contribution < 1.29 is 4.79 Å². The first-order valence-corrected chi connectivity index (χ1v) is 3.31. The van der Waals surface area contributed by atoms with Crippen LogP contribution in [0.3, 0.4) is 0 Å². The summed E-state index contributed by atoms with van der Waals surface area (Å²) in [4.78, 5) is 10.3. The van der Waals surface area contributed by atoms with Gasteiger partial charge in [-0.25, -0.2) is 0 Å². The van der Waals surface area contributed by atoms with E-state index >= 15 is 0 Å². The molecule has 0 rings (SSSR count). The number of nitrogens with zero attached hydrogens (tertiary/aromatic N) is 1. The highest BCUT2D eigenvalue weighted by Gasteiger charge is 1.95. The van der Waals surface area contributed by atoms with Gasteiger partial charge in [0.1, 0.15) is 0 Å². The first-order chi connectivity index (χ1) is 4.13. The Kier molecular flexibility index (Phi) is 4.10. The van der Waals surface area contributed by atoms with Gasteiger partial charge in [0.05, 0.1) is 0 Å². The molecule has 53 valence electrons. The average molecular weight is 128 g/mol. The van der Waals surface area contributed by atoms with Gasteiger partial charge in [-0.3, -0.25) is 10.1 Å². The van der Waals surface area contributed by atoms with Crippen molar-refractivity contribution in [3.05, 3.63) is 0 Å². The van der Waals surface area contributed by atoms with Gasteiger partial charge in [0.15, 0.2) is 0 Å². The molecule has 0 aromatic carbocycles. The summed E-state index contributed by atoms with van der Waals surface area (Å²) in [5, 5.41) is 3.73. The van der Waals surface area contributed by atoms with Gasteiger partial charge in [0.25, 0.3) is 0 Å². The summed E-state index contributed by atoms with van der Waals surface area (Å²) in [5.41, 5.74) is 0. The van der Waals surface area contributed by atoms with Crippen LogP contribution in [-0.4, -0.2) is 12.5 Å². The largest absolute Gasteiger partial charge is 0.273 e. The van der Waals surface area contributed by atoms with Crippen LogP contribution in [0.25, 0.3) is 0 Å². The van der Waals surface area contributed by atoms with Crippen LogP contribution in [-0.2, 0) is 4.79 Å². The maximum Gasteiger partial charge on any atom is 0.238 e. The Labute approximate surface area is 56.6 Å². The summed E-state index contributed by atoms with van der Waals surface area (Å²) in [6, 6.07) is 0. The minimum Gasteiger partial charge on any atom is -0.273 e. The van der Waals surface area contributed by atoms with E-state index in [-0.39, 0.29) is 5.91 Å². The zero-order valence-corrected chi connectivity index (χ0v) is 6.35. The van der Waals surface area contributed by atoms with Crippen molar-refractivity contribution in [3.63, 3.8) is 0 Å². The lowest BCUT2D eigenvalue weighted by Crippen LogP contribution is -2.13. The SMILES string of the molecule is CC(=O)[N]CCC(C)C. The average Bonchev–Trinajstić information content (AvgIpc) is 1.63. The molecule has 0 fully saturated rings. The van der Waals surface area contributed by atoms with Gasteiger partial charge in [-0.05, 0) is 12.3 Å². The topological polar surface area (TPSA) is 31.2 Å². The second-order valence-corrected chi connectivity index (χ2v) is 2.58.